The zero-order valence-corrected chi connectivity index (χ0v) is 16.2. The number of nitrogens with two attached hydrogens (primary N) is 1. The second-order valence-electron chi connectivity index (χ2n) is 6.74. The Morgan fingerprint density at radius 2 is 1.81 bits per heavy atom. The first-order valence-corrected chi connectivity index (χ1v) is 10.1. The summed E-state index contributed by atoms with van der Waals surface area (Å²) in [5.41, 5.74) is 6.62. The molecule has 1 atom stereocenters. The van der Waals surface area contributed by atoms with Crippen molar-refractivity contribution in [1.82, 2.24) is 15.1 Å². The van der Waals surface area contributed by atoms with E-state index in [4.69, 9.17) is 5.73 Å². The van der Waals surface area contributed by atoms with Crippen molar-refractivity contribution in [2.75, 3.05) is 32.7 Å². The van der Waals surface area contributed by atoms with Gasteiger partial charge < -0.3 is 16.0 Å². The van der Waals surface area contributed by atoms with Crippen LogP contribution in [0.4, 0.5) is 4.79 Å². The van der Waals surface area contributed by atoms with Gasteiger partial charge in [0, 0.05) is 37.6 Å². The van der Waals surface area contributed by atoms with Crippen molar-refractivity contribution < 1.29 is 9.59 Å². The number of nitrogens with zero attached hydrogens (tertiary/aromatic N) is 2. The van der Waals surface area contributed by atoms with Crippen LogP contribution in [0.15, 0.2) is 47.8 Å². The topological polar surface area (TPSA) is 78.7 Å². The van der Waals surface area contributed by atoms with Gasteiger partial charge in [-0.3, -0.25) is 9.69 Å². The summed E-state index contributed by atoms with van der Waals surface area (Å²) in [4.78, 5) is 29.2. The van der Waals surface area contributed by atoms with Gasteiger partial charge >= 0.3 is 6.03 Å². The Morgan fingerprint density at radius 1 is 1.07 bits per heavy atom. The summed E-state index contributed by atoms with van der Waals surface area (Å²) in [5, 5.41) is 4.62. The molecule has 1 aromatic carbocycles. The SMILES string of the molecule is NC(=O)NC(CC(=O)N1CCN(CCc2ccccc2)CC1)c1cccs1. The molecule has 1 aliphatic rings. The van der Waals surface area contributed by atoms with Crippen LogP contribution in [-0.4, -0.2) is 54.5 Å². The third-order valence-corrected chi connectivity index (χ3v) is 5.85. The highest BCUT2D eigenvalue weighted by Gasteiger charge is 2.25. The number of hydrogen-bond acceptors (Lipinski definition) is 4. The Kier molecular flexibility index (Phi) is 6.84. The van der Waals surface area contributed by atoms with E-state index in [1.807, 2.05) is 28.5 Å². The number of benzene rings is 1. The lowest BCUT2D eigenvalue weighted by atomic mass is 10.1. The summed E-state index contributed by atoms with van der Waals surface area (Å²) in [5.74, 6) is 0.0601. The highest BCUT2D eigenvalue weighted by molar-refractivity contribution is 7.10. The van der Waals surface area contributed by atoms with Crippen LogP contribution in [0, 0.1) is 0 Å². The molecule has 0 spiro atoms. The van der Waals surface area contributed by atoms with Gasteiger partial charge in [-0.05, 0) is 23.4 Å². The van der Waals surface area contributed by atoms with Gasteiger partial charge in [0.15, 0.2) is 0 Å². The Balaban J connectivity index is 1.46. The van der Waals surface area contributed by atoms with Gasteiger partial charge in [0.25, 0.3) is 0 Å². The maximum absolute atomic E-state index is 12.7. The molecule has 1 aromatic heterocycles. The molecule has 1 fully saturated rings. The zero-order valence-electron chi connectivity index (χ0n) is 15.3. The normalized spacial score (nSPS) is 16.1. The minimum absolute atomic E-state index is 0.0601. The lowest BCUT2D eigenvalue weighted by Gasteiger charge is -2.35. The van der Waals surface area contributed by atoms with E-state index in [9.17, 15) is 9.59 Å². The largest absolute Gasteiger partial charge is 0.352 e. The van der Waals surface area contributed by atoms with Crippen molar-refractivity contribution in [2.24, 2.45) is 5.73 Å². The second-order valence-corrected chi connectivity index (χ2v) is 7.72. The molecule has 1 unspecified atom stereocenters. The molecule has 3 rings (SSSR count). The van der Waals surface area contributed by atoms with Crippen LogP contribution in [-0.2, 0) is 11.2 Å². The fourth-order valence-electron chi connectivity index (χ4n) is 3.34. The first kappa shape index (κ1) is 19.4. The Labute approximate surface area is 164 Å². The van der Waals surface area contributed by atoms with Crippen LogP contribution < -0.4 is 11.1 Å². The van der Waals surface area contributed by atoms with Crippen LogP contribution in [0.25, 0.3) is 0 Å². The van der Waals surface area contributed by atoms with Gasteiger partial charge in [0.1, 0.15) is 0 Å². The van der Waals surface area contributed by atoms with E-state index in [2.05, 4.69) is 34.5 Å². The van der Waals surface area contributed by atoms with E-state index < -0.39 is 6.03 Å². The number of rotatable bonds is 7. The van der Waals surface area contributed by atoms with E-state index in [0.29, 0.717) is 0 Å². The predicted octanol–water partition coefficient (Wildman–Crippen LogP) is 2.23. The highest BCUT2D eigenvalue weighted by Crippen LogP contribution is 2.23. The van der Waals surface area contributed by atoms with Crippen molar-refractivity contribution in [1.29, 1.82) is 0 Å². The number of carbonyl (C=O) groups excluding carboxylic acids is 2. The molecular formula is C20H26N4O2S. The second kappa shape index (κ2) is 9.53. The van der Waals surface area contributed by atoms with Crippen LogP contribution >= 0.6 is 11.3 Å². The summed E-state index contributed by atoms with van der Waals surface area (Å²) in [6, 6.07) is 13.3. The number of nitrogens with one attached hydrogen (secondary N) is 1. The fourth-order valence-corrected chi connectivity index (χ4v) is 4.12. The van der Waals surface area contributed by atoms with E-state index in [1.54, 1.807) is 0 Å². The molecule has 1 aliphatic heterocycles. The average molecular weight is 387 g/mol. The molecule has 3 amide bonds. The van der Waals surface area contributed by atoms with Crippen molar-refractivity contribution >= 4 is 23.3 Å². The average Bonchev–Trinajstić information content (AvgIpc) is 3.21. The maximum atomic E-state index is 12.7. The number of piperazine rings is 1. The Hall–Kier alpha value is -2.38. The number of primary amides is 1. The summed E-state index contributed by atoms with van der Waals surface area (Å²) in [6.07, 6.45) is 1.27. The minimum atomic E-state index is -0.605. The molecule has 27 heavy (non-hydrogen) atoms. The van der Waals surface area contributed by atoms with E-state index in [-0.39, 0.29) is 18.4 Å². The van der Waals surface area contributed by atoms with Crippen LogP contribution in [0.3, 0.4) is 0 Å². The number of amides is 3. The van der Waals surface area contributed by atoms with Crippen LogP contribution in [0.2, 0.25) is 0 Å². The quantitative estimate of drug-likeness (QED) is 0.766. The third kappa shape index (κ3) is 5.80. The molecule has 0 bridgehead atoms. The monoisotopic (exact) mass is 386 g/mol. The minimum Gasteiger partial charge on any atom is -0.352 e. The predicted molar refractivity (Wildman–Crippen MR) is 108 cm³/mol. The molecule has 0 radical (unpaired) electrons. The first-order chi connectivity index (χ1) is 13.1. The van der Waals surface area contributed by atoms with Gasteiger partial charge in [-0.1, -0.05) is 36.4 Å². The molecule has 3 N–H and O–H groups in total. The maximum Gasteiger partial charge on any atom is 0.312 e. The van der Waals surface area contributed by atoms with Crippen molar-refractivity contribution in [3.63, 3.8) is 0 Å². The molecule has 0 aliphatic carbocycles. The molecule has 7 heteroatoms. The first-order valence-electron chi connectivity index (χ1n) is 9.25. The molecule has 2 heterocycles. The number of thiophene rings is 1. The summed E-state index contributed by atoms with van der Waals surface area (Å²) >= 11 is 1.52. The molecular weight excluding hydrogens is 360 g/mol. The van der Waals surface area contributed by atoms with E-state index in [1.165, 1.54) is 16.9 Å². The molecule has 1 saturated heterocycles. The number of hydrogen-bond donors (Lipinski definition) is 2. The van der Waals surface area contributed by atoms with Gasteiger partial charge in [0.05, 0.1) is 12.5 Å². The zero-order chi connectivity index (χ0) is 19.1. The number of urea groups is 1. The van der Waals surface area contributed by atoms with Crippen LogP contribution in [0.5, 0.6) is 0 Å². The lowest BCUT2D eigenvalue weighted by Crippen LogP contribution is -2.49. The van der Waals surface area contributed by atoms with E-state index in [0.717, 1.165) is 44.0 Å². The van der Waals surface area contributed by atoms with Crippen molar-refractivity contribution in [2.45, 2.75) is 18.9 Å². The van der Waals surface area contributed by atoms with Crippen molar-refractivity contribution in [3.05, 3.63) is 58.3 Å². The molecule has 2 aromatic rings. The van der Waals surface area contributed by atoms with Gasteiger partial charge in [0.2, 0.25) is 5.91 Å². The standard InChI is InChI=1S/C20H26N4O2S/c21-20(26)22-17(18-7-4-14-27-18)15-19(25)24-12-10-23(11-13-24)9-8-16-5-2-1-3-6-16/h1-7,14,17H,8-13,15H2,(H3,21,22,26). The fraction of sp³-hybridized carbons (Fsp3) is 0.400. The number of carbonyl (C=O) groups is 2. The van der Waals surface area contributed by atoms with Gasteiger partial charge in [-0.2, -0.15) is 0 Å². The Bertz CT molecular complexity index is 728. The smallest absolute Gasteiger partial charge is 0.312 e. The molecule has 0 saturated carbocycles. The summed E-state index contributed by atoms with van der Waals surface area (Å²) in [7, 11) is 0. The third-order valence-electron chi connectivity index (χ3n) is 4.87. The lowest BCUT2D eigenvalue weighted by molar-refractivity contribution is -0.133. The van der Waals surface area contributed by atoms with Gasteiger partial charge in [-0.25, -0.2) is 4.79 Å². The van der Waals surface area contributed by atoms with E-state index >= 15 is 0 Å². The highest BCUT2D eigenvalue weighted by atomic mass is 32.1. The summed E-state index contributed by atoms with van der Waals surface area (Å²) < 4.78 is 0. The Morgan fingerprint density at radius 3 is 2.44 bits per heavy atom. The van der Waals surface area contributed by atoms with Crippen LogP contribution in [0.1, 0.15) is 22.9 Å². The molecule has 6 nitrogen and oxygen atoms in total. The van der Waals surface area contributed by atoms with Crippen molar-refractivity contribution in [3.8, 4) is 0 Å². The molecule has 144 valence electrons. The van der Waals surface area contributed by atoms with Gasteiger partial charge in [-0.15, -0.1) is 11.3 Å². The summed E-state index contributed by atoms with van der Waals surface area (Å²) in [6.45, 7) is 4.22.